The summed E-state index contributed by atoms with van der Waals surface area (Å²) >= 11 is 0. The maximum atomic E-state index is 11.1. The second-order valence-electron chi connectivity index (χ2n) is 18.7. The summed E-state index contributed by atoms with van der Waals surface area (Å²) in [4.78, 5) is 9.91. The zero-order valence-corrected chi connectivity index (χ0v) is 40.0. The minimum atomic E-state index is 0.469. The summed E-state index contributed by atoms with van der Waals surface area (Å²) in [5, 5.41) is 37.4. The van der Waals surface area contributed by atoms with Crippen LogP contribution in [0.3, 0.4) is 0 Å². The van der Waals surface area contributed by atoms with Gasteiger partial charge in [0.1, 0.15) is 6.07 Å². The maximum Gasteiger partial charge on any atom is 0.160 e. The van der Waals surface area contributed by atoms with Crippen molar-refractivity contribution in [3.8, 4) is 80.3 Å². The lowest BCUT2D eigenvalue weighted by Crippen LogP contribution is -1.99. The molecule has 0 aliphatic carbocycles. The SMILES string of the molecule is N#Cc1cccc(-c2cc(-c3ccc(-c4ccc(-n5c6ccc(-n7c8ccccc8c8ccccc87)cc6c6cc(-n7c8ccccc8c8ccccc87)ccc65)c(C#N)c4)cc3)nc(-c3cccc(C#N)c3)n2)c1. The van der Waals surface area contributed by atoms with Crippen LogP contribution in [-0.4, -0.2) is 23.7 Å². The number of hydrogen-bond donors (Lipinski definition) is 0. The first-order chi connectivity index (χ1) is 37.0. The summed E-state index contributed by atoms with van der Waals surface area (Å²) < 4.78 is 6.96. The van der Waals surface area contributed by atoms with Gasteiger partial charge >= 0.3 is 0 Å². The molecule has 8 nitrogen and oxygen atoms in total. The van der Waals surface area contributed by atoms with E-state index in [2.05, 4.69) is 178 Å². The van der Waals surface area contributed by atoms with Crippen molar-refractivity contribution in [1.29, 1.82) is 15.8 Å². The number of nitrogens with zero attached hydrogens (tertiary/aromatic N) is 8. The van der Waals surface area contributed by atoms with E-state index in [4.69, 9.17) is 9.97 Å². The van der Waals surface area contributed by atoms with E-state index >= 15 is 0 Å². The Morgan fingerprint density at radius 2 is 0.733 bits per heavy atom. The van der Waals surface area contributed by atoms with E-state index in [9.17, 15) is 15.8 Å². The molecule has 0 unspecified atom stereocenters. The average Bonchev–Trinajstić information content (AvgIpc) is 4.13. The van der Waals surface area contributed by atoms with Gasteiger partial charge in [0, 0.05) is 60.4 Å². The molecule has 0 N–H and O–H groups in total. The number of aromatic nitrogens is 5. The molecule has 0 saturated heterocycles. The molecule has 0 aliphatic heterocycles. The molecule has 75 heavy (non-hydrogen) atoms. The van der Waals surface area contributed by atoms with E-state index in [0.29, 0.717) is 39.5 Å². The van der Waals surface area contributed by atoms with Crippen LogP contribution in [-0.2, 0) is 0 Å². The molecule has 4 aromatic heterocycles. The van der Waals surface area contributed by atoms with E-state index in [-0.39, 0.29) is 0 Å². The molecule has 14 rings (SSSR count). The average molecular weight is 955 g/mol. The van der Waals surface area contributed by atoms with Crippen LogP contribution in [0.2, 0.25) is 0 Å². The van der Waals surface area contributed by atoms with Crippen LogP contribution in [0.4, 0.5) is 0 Å². The summed E-state index contributed by atoms with van der Waals surface area (Å²) in [5.74, 6) is 0.469. The smallest absolute Gasteiger partial charge is 0.160 e. The Morgan fingerprint density at radius 3 is 1.24 bits per heavy atom. The number of rotatable bonds is 7. The molecular weight excluding hydrogens is 917 g/mol. The molecular formula is C67H38N8. The van der Waals surface area contributed by atoms with Crippen molar-refractivity contribution in [2.45, 2.75) is 0 Å². The van der Waals surface area contributed by atoms with Crippen molar-refractivity contribution in [3.63, 3.8) is 0 Å². The topological polar surface area (TPSA) is 112 Å². The highest BCUT2D eigenvalue weighted by molar-refractivity contribution is 6.14. The molecule has 346 valence electrons. The first-order valence-electron chi connectivity index (χ1n) is 24.6. The van der Waals surface area contributed by atoms with Crippen LogP contribution in [0.5, 0.6) is 0 Å². The number of hydrogen-bond acceptors (Lipinski definition) is 5. The molecule has 0 aliphatic rings. The Balaban J connectivity index is 0.906. The second kappa shape index (κ2) is 17.2. The summed E-state index contributed by atoms with van der Waals surface area (Å²) in [5.41, 5.74) is 16.5. The number of para-hydroxylation sites is 4. The number of nitriles is 3. The summed E-state index contributed by atoms with van der Waals surface area (Å²) in [6.45, 7) is 0. The molecule has 0 radical (unpaired) electrons. The largest absolute Gasteiger partial charge is 0.309 e. The third kappa shape index (κ3) is 6.96. The van der Waals surface area contributed by atoms with Gasteiger partial charge in [-0.2, -0.15) is 15.8 Å². The number of benzene rings is 10. The Bertz CT molecular complexity index is 4460. The minimum absolute atomic E-state index is 0.469. The quantitative estimate of drug-likeness (QED) is 0.158. The zero-order valence-electron chi connectivity index (χ0n) is 40.0. The molecule has 8 heteroatoms. The molecule has 14 aromatic rings. The third-order valence-electron chi connectivity index (χ3n) is 14.5. The lowest BCUT2D eigenvalue weighted by molar-refractivity contribution is 1.15. The maximum absolute atomic E-state index is 11.1. The van der Waals surface area contributed by atoms with Crippen molar-refractivity contribution in [2.24, 2.45) is 0 Å². The van der Waals surface area contributed by atoms with E-state index in [1.165, 1.54) is 21.5 Å². The van der Waals surface area contributed by atoms with Crippen LogP contribution in [0, 0.1) is 34.0 Å². The lowest BCUT2D eigenvalue weighted by atomic mass is 9.99. The highest BCUT2D eigenvalue weighted by Gasteiger charge is 2.21. The first kappa shape index (κ1) is 43.0. The lowest BCUT2D eigenvalue weighted by Gasteiger charge is -2.13. The van der Waals surface area contributed by atoms with E-state index in [0.717, 1.165) is 83.2 Å². The second-order valence-corrected chi connectivity index (χ2v) is 18.7. The van der Waals surface area contributed by atoms with Gasteiger partial charge in [0.2, 0.25) is 0 Å². The molecule has 0 spiro atoms. The van der Waals surface area contributed by atoms with Gasteiger partial charge in [-0.3, -0.25) is 0 Å². The van der Waals surface area contributed by atoms with Gasteiger partial charge in [-0.25, -0.2) is 9.97 Å². The monoisotopic (exact) mass is 954 g/mol. The van der Waals surface area contributed by atoms with Gasteiger partial charge < -0.3 is 13.7 Å². The summed E-state index contributed by atoms with van der Waals surface area (Å²) in [6.07, 6.45) is 0. The van der Waals surface area contributed by atoms with Gasteiger partial charge in [-0.05, 0) is 114 Å². The third-order valence-corrected chi connectivity index (χ3v) is 14.5. The van der Waals surface area contributed by atoms with Crippen molar-refractivity contribution in [3.05, 3.63) is 247 Å². The molecule has 0 saturated carbocycles. The molecule has 0 fully saturated rings. The molecule has 0 bridgehead atoms. The first-order valence-corrected chi connectivity index (χ1v) is 24.6. The van der Waals surface area contributed by atoms with Gasteiger partial charge in [0.05, 0.1) is 79.0 Å². The van der Waals surface area contributed by atoms with Gasteiger partial charge in [0.25, 0.3) is 0 Å². The van der Waals surface area contributed by atoms with Gasteiger partial charge in [0.15, 0.2) is 5.82 Å². The highest BCUT2D eigenvalue weighted by Crippen LogP contribution is 2.41. The minimum Gasteiger partial charge on any atom is -0.309 e. The molecule has 0 atom stereocenters. The fourth-order valence-electron chi connectivity index (χ4n) is 11.1. The predicted molar refractivity (Wildman–Crippen MR) is 301 cm³/mol. The standard InChI is InChI=1S/C67H38N8/c68-39-42-11-9-13-47(33-42)59-38-58(71-67(72-59)48-14-10-12-43(34-48)40-69)45-25-23-44(24-26-45)46-27-30-60(49(35-46)41-70)75-65-31-28-50(73-61-19-5-1-15-52(61)53-16-2-6-20-62(53)73)36-56(65)57-37-51(29-32-66(57)75)74-63-21-7-3-17-54(63)55-18-4-8-22-64(55)74/h1-38H. The van der Waals surface area contributed by atoms with Crippen molar-refractivity contribution in [2.75, 3.05) is 0 Å². The fraction of sp³-hybridized carbons (Fsp3) is 0. The van der Waals surface area contributed by atoms with Crippen LogP contribution in [0.15, 0.2) is 231 Å². The van der Waals surface area contributed by atoms with Crippen LogP contribution in [0.25, 0.3) is 128 Å². The Kier molecular flexibility index (Phi) is 9.85. The van der Waals surface area contributed by atoms with E-state index in [1.54, 1.807) is 18.2 Å². The highest BCUT2D eigenvalue weighted by atomic mass is 15.0. The molecule has 10 aromatic carbocycles. The van der Waals surface area contributed by atoms with E-state index < -0.39 is 0 Å². The Morgan fingerprint density at radius 1 is 0.293 bits per heavy atom. The normalized spacial score (nSPS) is 11.4. The van der Waals surface area contributed by atoms with Crippen LogP contribution < -0.4 is 0 Å². The molecule has 0 amide bonds. The van der Waals surface area contributed by atoms with E-state index in [1.807, 2.05) is 66.7 Å². The van der Waals surface area contributed by atoms with Crippen LogP contribution in [0.1, 0.15) is 16.7 Å². The predicted octanol–water partition coefficient (Wildman–Crippen LogP) is 16.1. The van der Waals surface area contributed by atoms with Crippen molar-refractivity contribution < 1.29 is 0 Å². The zero-order chi connectivity index (χ0) is 50.1. The van der Waals surface area contributed by atoms with Crippen LogP contribution >= 0.6 is 0 Å². The summed E-state index contributed by atoms with van der Waals surface area (Å²) in [7, 11) is 0. The fourth-order valence-corrected chi connectivity index (χ4v) is 11.1. The van der Waals surface area contributed by atoms with Crippen molar-refractivity contribution in [1.82, 2.24) is 23.7 Å². The number of fused-ring (bicyclic) bond motifs is 9. The molecule has 4 heterocycles. The Hall–Kier alpha value is -10.9. The summed E-state index contributed by atoms with van der Waals surface area (Å²) in [6, 6.07) is 85.6. The Labute approximate surface area is 430 Å². The van der Waals surface area contributed by atoms with Gasteiger partial charge in [-0.1, -0.05) is 127 Å². The van der Waals surface area contributed by atoms with Crippen molar-refractivity contribution >= 4 is 65.4 Å². The van der Waals surface area contributed by atoms with Gasteiger partial charge in [-0.15, -0.1) is 0 Å².